The summed E-state index contributed by atoms with van der Waals surface area (Å²) >= 11 is 1.47. The van der Waals surface area contributed by atoms with Gasteiger partial charge in [-0.1, -0.05) is 11.8 Å². The number of rotatable bonds is 2. The Morgan fingerprint density at radius 3 is 2.91 bits per heavy atom. The van der Waals surface area contributed by atoms with E-state index >= 15 is 0 Å². The normalized spacial score (nSPS) is 13.0. The minimum Gasteiger partial charge on any atom is -0.387 e. The average Bonchev–Trinajstić information content (AvgIpc) is 2.05. The molecular weight excluding hydrogens is 160 g/mol. The molecule has 1 atom stereocenters. The fourth-order valence-corrected chi connectivity index (χ4v) is 1.05. The molecule has 3 nitrogen and oxygen atoms in total. The maximum Gasteiger partial charge on any atom is 0.187 e. The third-order valence-corrected chi connectivity index (χ3v) is 1.83. The van der Waals surface area contributed by atoms with Crippen molar-refractivity contribution in [3.63, 3.8) is 0 Å². The van der Waals surface area contributed by atoms with Gasteiger partial charge in [0.2, 0.25) is 0 Å². The van der Waals surface area contributed by atoms with Crippen LogP contribution in [0.2, 0.25) is 0 Å². The lowest BCUT2D eigenvalue weighted by Gasteiger charge is -2.02. The third kappa shape index (κ3) is 2.17. The van der Waals surface area contributed by atoms with Crippen LogP contribution in [0.4, 0.5) is 0 Å². The van der Waals surface area contributed by atoms with Gasteiger partial charge in [0.1, 0.15) is 0 Å². The molecule has 0 aliphatic heterocycles. The quantitative estimate of drug-likeness (QED) is 0.536. The van der Waals surface area contributed by atoms with Crippen molar-refractivity contribution in [3.05, 3.63) is 18.0 Å². The third-order valence-electron chi connectivity index (χ3n) is 1.27. The molecule has 0 aromatic carbocycles. The summed E-state index contributed by atoms with van der Waals surface area (Å²) in [6, 6.07) is 1.71. The summed E-state index contributed by atoms with van der Waals surface area (Å²) in [7, 11) is 0. The van der Waals surface area contributed by atoms with Gasteiger partial charge in [0.25, 0.3) is 0 Å². The zero-order valence-electron chi connectivity index (χ0n) is 6.48. The largest absolute Gasteiger partial charge is 0.387 e. The van der Waals surface area contributed by atoms with Crippen LogP contribution in [-0.2, 0) is 0 Å². The number of hydrogen-bond donors (Lipinski definition) is 1. The maximum atomic E-state index is 9.14. The minimum absolute atomic E-state index is 0.510. The van der Waals surface area contributed by atoms with Crippen LogP contribution in [0.5, 0.6) is 0 Å². The van der Waals surface area contributed by atoms with Crippen molar-refractivity contribution in [3.8, 4) is 0 Å². The van der Waals surface area contributed by atoms with Gasteiger partial charge >= 0.3 is 0 Å². The van der Waals surface area contributed by atoms with Gasteiger partial charge in [0, 0.05) is 6.20 Å². The fraction of sp³-hybridized carbons (Fsp3) is 0.429. The van der Waals surface area contributed by atoms with Crippen molar-refractivity contribution in [1.29, 1.82) is 0 Å². The Morgan fingerprint density at radius 2 is 2.36 bits per heavy atom. The molecule has 60 valence electrons. The Balaban J connectivity index is 2.91. The van der Waals surface area contributed by atoms with Crippen molar-refractivity contribution in [2.75, 3.05) is 6.26 Å². The summed E-state index contributed by atoms with van der Waals surface area (Å²) < 4.78 is 0. The van der Waals surface area contributed by atoms with E-state index in [9.17, 15) is 0 Å². The lowest BCUT2D eigenvalue weighted by atomic mass is 10.3. The van der Waals surface area contributed by atoms with E-state index in [2.05, 4.69) is 9.97 Å². The van der Waals surface area contributed by atoms with E-state index in [-0.39, 0.29) is 0 Å². The SMILES string of the molecule is CSc1nccc([C@H](C)O)n1. The van der Waals surface area contributed by atoms with Gasteiger partial charge in [-0.25, -0.2) is 9.97 Å². The summed E-state index contributed by atoms with van der Waals surface area (Å²) in [5.74, 6) is 0. The van der Waals surface area contributed by atoms with Crippen LogP contribution < -0.4 is 0 Å². The molecule has 1 heterocycles. The van der Waals surface area contributed by atoms with E-state index in [4.69, 9.17) is 5.11 Å². The number of aliphatic hydroxyl groups excluding tert-OH is 1. The molecule has 1 rings (SSSR count). The average molecular weight is 170 g/mol. The van der Waals surface area contributed by atoms with Gasteiger partial charge < -0.3 is 5.11 Å². The van der Waals surface area contributed by atoms with Crippen LogP contribution in [0.25, 0.3) is 0 Å². The molecule has 11 heavy (non-hydrogen) atoms. The van der Waals surface area contributed by atoms with Gasteiger partial charge in [-0.05, 0) is 19.2 Å². The minimum atomic E-state index is -0.510. The summed E-state index contributed by atoms with van der Waals surface area (Å²) in [4.78, 5) is 8.07. The van der Waals surface area contributed by atoms with Gasteiger partial charge in [0.05, 0.1) is 11.8 Å². The molecule has 0 saturated carbocycles. The highest BCUT2D eigenvalue weighted by Crippen LogP contribution is 2.12. The Bertz CT molecular complexity index is 240. The van der Waals surface area contributed by atoms with Crippen molar-refractivity contribution >= 4 is 11.8 Å². The first-order valence-corrected chi connectivity index (χ1v) is 4.51. The molecule has 1 aromatic heterocycles. The second-order valence-corrected chi connectivity index (χ2v) is 2.92. The molecule has 0 radical (unpaired) electrons. The molecule has 0 unspecified atom stereocenters. The molecule has 1 aromatic rings. The zero-order valence-corrected chi connectivity index (χ0v) is 7.30. The lowest BCUT2D eigenvalue weighted by molar-refractivity contribution is 0.193. The predicted octanol–water partition coefficient (Wildman–Crippen LogP) is 1.25. The summed E-state index contributed by atoms with van der Waals surface area (Å²) in [6.45, 7) is 1.69. The van der Waals surface area contributed by atoms with Crippen molar-refractivity contribution in [2.45, 2.75) is 18.2 Å². The topological polar surface area (TPSA) is 46.0 Å². The molecule has 0 aliphatic carbocycles. The summed E-state index contributed by atoms with van der Waals surface area (Å²) in [5.41, 5.74) is 0.671. The highest BCUT2D eigenvalue weighted by atomic mass is 32.2. The van der Waals surface area contributed by atoms with Crippen molar-refractivity contribution in [1.82, 2.24) is 9.97 Å². The summed E-state index contributed by atoms with van der Waals surface area (Å²) in [5, 5.41) is 9.84. The Kier molecular flexibility index (Phi) is 2.84. The van der Waals surface area contributed by atoms with Crippen molar-refractivity contribution < 1.29 is 5.11 Å². The molecule has 0 aliphatic rings. The Hall–Kier alpha value is -0.610. The number of thioether (sulfide) groups is 1. The van der Waals surface area contributed by atoms with Crippen LogP contribution in [0.15, 0.2) is 17.4 Å². The molecule has 4 heteroatoms. The zero-order chi connectivity index (χ0) is 8.27. The highest BCUT2D eigenvalue weighted by molar-refractivity contribution is 7.98. The van der Waals surface area contributed by atoms with Gasteiger partial charge in [-0.15, -0.1) is 0 Å². The molecule has 0 bridgehead atoms. The van der Waals surface area contributed by atoms with Gasteiger partial charge in [-0.2, -0.15) is 0 Å². The first kappa shape index (κ1) is 8.49. The van der Waals surface area contributed by atoms with E-state index in [1.54, 1.807) is 19.2 Å². The van der Waals surface area contributed by atoms with E-state index in [1.807, 2.05) is 6.26 Å². The Labute approximate surface area is 69.9 Å². The second kappa shape index (κ2) is 3.69. The van der Waals surface area contributed by atoms with Crippen LogP contribution in [0.3, 0.4) is 0 Å². The molecular formula is C7H10N2OS. The number of aliphatic hydroxyl groups is 1. The van der Waals surface area contributed by atoms with E-state index in [0.29, 0.717) is 10.9 Å². The van der Waals surface area contributed by atoms with Gasteiger partial charge in [0.15, 0.2) is 5.16 Å². The lowest BCUT2D eigenvalue weighted by Crippen LogP contribution is -1.97. The van der Waals surface area contributed by atoms with Crippen molar-refractivity contribution in [2.24, 2.45) is 0 Å². The highest BCUT2D eigenvalue weighted by Gasteiger charge is 2.02. The van der Waals surface area contributed by atoms with Crippen LogP contribution in [0, 0.1) is 0 Å². The van der Waals surface area contributed by atoms with E-state index < -0.39 is 6.10 Å². The standard InChI is InChI=1S/C7H10N2OS/c1-5(10)6-3-4-8-7(9-6)11-2/h3-5,10H,1-2H3/t5-/m0/s1. The van der Waals surface area contributed by atoms with Crippen LogP contribution >= 0.6 is 11.8 Å². The Morgan fingerprint density at radius 1 is 1.64 bits per heavy atom. The van der Waals surface area contributed by atoms with Crippen LogP contribution in [0.1, 0.15) is 18.7 Å². The van der Waals surface area contributed by atoms with Gasteiger partial charge in [-0.3, -0.25) is 0 Å². The van der Waals surface area contributed by atoms with Crippen LogP contribution in [-0.4, -0.2) is 21.3 Å². The molecule has 1 N–H and O–H groups in total. The second-order valence-electron chi connectivity index (χ2n) is 2.14. The number of nitrogens with zero attached hydrogens (tertiary/aromatic N) is 2. The number of aromatic nitrogens is 2. The van der Waals surface area contributed by atoms with E-state index in [1.165, 1.54) is 11.8 Å². The number of hydrogen-bond acceptors (Lipinski definition) is 4. The molecule has 0 amide bonds. The molecule has 0 fully saturated rings. The first-order chi connectivity index (χ1) is 5.24. The summed E-state index contributed by atoms with van der Waals surface area (Å²) in [6.07, 6.45) is 3.05. The molecule has 0 spiro atoms. The van der Waals surface area contributed by atoms with E-state index in [0.717, 1.165) is 0 Å². The fourth-order valence-electron chi connectivity index (χ4n) is 0.685. The monoisotopic (exact) mass is 170 g/mol. The first-order valence-electron chi connectivity index (χ1n) is 3.29. The maximum absolute atomic E-state index is 9.14. The smallest absolute Gasteiger partial charge is 0.187 e. The molecule has 0 saturated heterocycles. The predicted molar refractivity (Wildman–Crippen MR) is 44.4 cm³/mol.